The predicted molar refractivity (Wildman–Crippen MR) is 132 cm³/mol. The van der Waals surface area contributed by atoms with Crippen LogP contribution in [-0.2, 0) is 9.53 Å². The van der Waals surface area contributed by atoms with Gasteiger partial charge in [-0.2, -0.15) is 0 Å². The molecule has 36 heavy (non-hydrogen) atoms. The Labute approximate surface area is 212 Å². The molecule has 0 radical (unpaired) electrons. The zero-order chi connectivity index (χ0) is 25.8. The standard InChI is InChI=1S/C24H16BrN3O8/c1-2-34-22-12-14(11-18-24(29)36-23(26-18)15-4-6-16(25)7-5-15)3-9-21(22)35-20-10-8-17(27(30)31)13-19(20)28(32)33/h3-13H,2H2,1H3/b18-11-. The monoisotopic (exact) mass is 553 g/mol. The molecule has 11 nitrogen and oxygen atoms in total. The zero-order valence-electron chi connectivity index (χ0n) is 18.5. The summed E-state index contributed by atoms with van der Waals surface area (Å²) in [6.07, 6.45) is 1.51. The molecule has 0 spiro atoms. The highest BCUT2D eigenvalue weighted by Gasteiger charge is 2.25. The Morgan fingerprint density at radius 1 is 0.972 bits per heavy atom. The number of aliphatic imine (C=N–C) groups is 1. The Kier molecular flexibility index (Phi) is 7.06. The van der Waals surface area contributed by atoms with Crippen LogP contribution in [0.1, 0.15) is 18.1 Å². The van der Waals surface area contributed by atoms with Crippen LogP contribution in [0.25, 0.3) is 6.08 Å². The minimum Gasteiger partial charge on any atom is -0.490 e. The zero-order valence-corrected chi connectivity index (χ0v) is 20.1. The minimum atomic E-state index is -0.770. The number of cyclic esters (lactones) is 1. The second kappa shape index (κ2) is 10.4. The first kappa shape index (κ1) is 24.5. The average molecular weight is 554 g/mol. The van der Waals surface area contributed by atoms with E-state index in [1.807, 2.05) is 0 Å². The number of carbonyl (C=O) groups is 1. The van der Waals surface area contributed by atoms with Crippen LogP contribution < -0.4 is 9.47 Å². The SMILES string of the molecule is CCOc1cc(/C=C2\N=C(c3ccc(Br)cc3)OC2=O)ccc1Oc1ccc([N+](=O)[O-])cc1[N+](=O)[O-]. The number of ether oxygens (including phenoxy) is 3. The van der Waals surface area contributed by atoms with Crippen molar-refractivity contribution in [3.05, 3.63) is 102 Å². The summed E-state index contributed by atoms with van der Waals surface area (Å²) in [6, 6.07) is 14.9. The third-order valence-corrected chi connectivity index (χ3v) is 5.38. The van der Waals surface area contributed by atoms with Gasteiger partial charge in [-0.25, -0.2) is 9.79 Å². The van der Waals surface area contributed by atoms with Crippen LogP contribution in [0.2, 0.25) is 0 Å². The Morgan fingerprint density at radius 2 is 1.69 bits per heavy atom. The van der Waals surface area contributed by atoms with Crippen molar-refractivity contribution in [1.29, 1.82) is 0 Å². The Hall–Kier alpha value is -4.58. The Morgan fingerprint density at radius 3 is 2.36 bits per heavy atom. The van der Waals surface area contributed by atoms with Crippen LogP contribution in [0.3, 0.4) is 0 Å². The Bertz CT molecular complexity index is 1430. The highest BCUT2D eigenvalue weighted by atomic mass is 79.9. The number of nitro benzene ring substituents is 2. The number of halogens is 1. The first-order valence-electron chi connectivity index (χ1n) is 10.4. The first-order valence-corrected chi connectivity index (χ1v) is 11.2. The lowest BCUT2D eigenvalue weighted by atomic mass is 10.1. The maximum atomic E-state index is 12.3. The maximum Gasteiger partial charge on any atom is 0.363 e. The number of nitro groups is 2. The fourth-order valence-corrected chi connectivity index (χ4v) is 3.48. The van der Waals surface area contributed by atoms with Crippen LogP contribution in [-0.4, -0.2) is 28.3 Å². The third kappa shape index (κ3) is 5.39. The number of nitrogens with zero attached hydrogens (tertiary/aromatic N) is 3. The molecule has 0 aliphatic carbocycles. The van der Waals surface area contributed by atoms with Gasteiger partial charge in [0.15, 0.2) is 17.2 Å². The molecule has 3 aromatic rings. The molecule has 0 saturated carbocycles. The maximum absolute atomic E-state index is 12.3. The second-order valence-corrected chi connectivity index (χ2v) is 8.17. The molecule has 0 aromatic heterocycles. The van der Waals surface area contributed by atoms with E-state index in [1.54, 1.807) is 43.3 Å². The normalized spacial score (nSPS) is 13.8. The fourth-order valence-electron chi connectivity index (χ4n) is 3.22. The minimum absolute atomic E-state index is 0.0787. The van der Waals surface area contributed by atoms with Gasteiger partial charge in [-0.05, 0) is 61.0 Å². The number of esters is 1. The van der Waals surface area contributed by atoms with Crippen molar-refractivity contribution in [2.45, 2.75) is 6.92 Å². The highest BCUT2D eigenvalue weighted by Crippen LogP contribution is 2.39. The molecule has 0 unspecified atom stereocenters. The smallest absolute Gasteiger partial charge is 0.363 e. The lowest BCUT2D eigenvalue weighted by Gasteiger charge is -2.12. The molecule has 4 rings (SSSR count). The van der Waals surface area contributed by atoms with E-state index in [2.05, 4.69) is 20.9 Å². The van der Waals surface area contributed by atoms with Gasteiger partial charge in [-0.1, -0.05) is 22.0 Å². The summed E-state index contributed by atoms with van der Waals surface area (Å²) in [5, 5.41) is 22.4. The lowest BCUT2D eigenvalue weighted by Crippen LogP contribution is -2.05. The number of non-ortho nitro benzene ring substituents is 1. The van der Waals surface area contributed by atoms with E-state index in [1.165, 1.54) is 12.1 Å². The van der Waals surface area contributed by atoms with Crippen molar-refractivity contribution < 1.29 is 28.9 Å². The topological polar surface area (TPSA) is 143 Å². The molecule has 0 bridgehead atoms. The van der Waals surface area contributed by atoms with Gasteiger partial charge in [0.1, 0.15) is 0 Å². The van der Waals surface area contributed by atoms with Crippen molar-refractivity contribution in [3.63, 3.8) is 0 Å². The fraction of sp³-hybridized carbons (Fsp3) is 0.0833. The number of benzene rings is 3. The molecule has 182 valence electrons. The summed E-state index contributed by atoms with van der Waals surface area (Å²) < 4.78 is 17.4. The molecule has 0 saturated heterocycles. The summed E-state index contributed by atoms with van der Waals surface area (Å²) in [4.78, 5) is 37.5. The molecule has 12 heteroatoms. The number of hydrogen-bond donors (Lipinski definition) is 0. The van der Waals surface area contributed by atoms with Crippen molar-refractivity contribution in [3.8, 4) is 17.2 Å². The van der Waals surface area contributed by atoms with Crippen LogP contribution in [0.4, 0.5) is 11.4 Å². The van der Waals surface area contributed by atoms with Crippen LogP contribution in [0.5, 0.6) is 17.2 Å². The summed E-state index contributed by atoms with van der Waals surface area (Å²) >= 11 is 3.35. The molecule has 0 amide bonds. The molecule has 0 N–H and O–H groups in total. The van der Waals surface area contributed by atoms with Gasteiger partial charge in [0, 0.05) is 16.1 Å². The average Bonchev–Trinajstić information content (AvgIpc) is 3.21. The van der Waals surface area contributed by atoms with E-state index in [-0.39, 0.29) is 35.5 Å². The number of hydrogen-bond acceptors (Lipinski definition) is 9. The van der Waals surface area contributed by atoms with E-state index in [0.717, 1.165) is 22.7 Å². The summed E-state index contributed by atoms with van der Waals surface area (Å²) in [5.74, 6) is -0.255. The van der Waals surface area contributed by atoms with Gasteiger partial charge < -0.3 is 14.2 Å². The van der Waals surface area contributed by atoms with Gasteiger partial charge in [0.25, 0.3) is 5.69 Å². The second-order valence-electron chi connectivity index (χ2n) is 7.25. The van der Waals surface area contributed by atoms with E-state index in [9.17, 15) is 25.0 Å². The quantitative estimate of drug-likeness (QED) is 0.147. The molecular weight excluding hydrogens is 538 g/mol. The van der Waals surface area contributed by atoms with E-state index < -0.39 is 27.2 Å². The summed E-state index contributed by atoms with van der Waals surface area (Å²) in [5.41, 5.74) is 0.249. The Balaban J connectivity index is 1.65. The van der Waals surface area contributed by atoms with Crippen molar-refractivity contribution >= 4 is 45.2 Å². The third-order valence-electron chi connectivity index (χ3n) is 4.85. The highest BCUT2D eigenvalue weighted by molar-refractivity contribution is 9.10. The number of rotatable bonds is 8. The van der Waals surface area contributed by atoms with Crippen molar-refractivity contribution in [2.24, 2.45) is 4.99 Å². The van der Waals surface area contributed by atoms with Gasteiger partial charge in [-0.3, -0.25) is 20.2 Å². The van der Waals surface area contributed by atoms with Crippen molar-refractivity contribution in [1.82, 2.24) is 0 Å². The van der Waals surface area contributed by atoms with Crippen LogP contribution in [0.15, 0.2) is 75.8 Å². The van der Waals surface area contributed by atoms with E-state index in [4.69, 9.17) is 14.2 Å². The molecule has 0 fully saturated rings. The first-order chi connectivity index (χ1) is 17.2. The molecule has 3 aromatic carbocycles. The van der Waals surface area contributed by atoms with Crippen LogP contribution in [0, 0.1) is 20.2 Å². The molecular formula is C24H16BrN3O8. The summed E-state index contributed by atoms with van der Waals surface area (Å²) in [6.45, 7) is 2.00. The summed E-state index contributed by atoms with van der Waals surface area (Å²) in [7, 11) is 0. The molecule has 1 aliphatic heterocycles. The van der Waals surface area contributed by atoms with Crippen LogP contribution >= 0.6 is 15.9 Å². The van der Waals surface area contributed by atoms with Crippen molar-refractivity contribution in [2.75, 3.05) is 6.61 Å². The van der Waals surface area contributed by atoms with Gasteiger partial charge in [0.2, 0.25) is 11.6 Å². The van der Waals surface area contributed by atoms with Gasteiger partial charge in [-0.15, -0.1) is 0 Å². The van der Waals surface area contributed by atoms with Gasteiger partial charge in [0.05, 0.1) is 22.5 Å². The predicted octanol–water partition coefficient (Wildman–Crippen LogP) is 5.80. The van der Waals surface area contributed by atoms with E-state index in [0.29, 0.717) is 11.1 Å². The van der Waals surface area contributed by atoms with Gasteiger partial charge >= 0.3 is 11.7 Å². The number of carbonyl (C=O) groups excluding carboxylic acids is 1. The molecule has 1 heterocycles. The van der Waals surface area contributed by atoms with E-state index >= 15 is 0 Å². The lowest BCUT2D eigenvalue weighted by molar-refractivity contribution is -0.394. The molecule has 1 aliphatic rings. The largest absolute Gasteiger partial charge is 0.490 e. The molecule has 0 atom stereocenters.